The van der Waals surface area contributed by atoms with Crippen LogP contribution >= 0.6 is 0 Å². The molecule has 8 nitrogen and oxygen atoms in total. The van der Waals surface area contributed by atoms with E-state index < -0.39 is 15.3 Å². The summed E-state index contributed by atoms with van der Waals surface area (Å²) < 4.78 is 39.9. The Bertz CT molecular complexity index is 912. The second-order valence-corrected chi connectivity index (χ2v) is 11.5. The quantitative estimate of drug-likeness (QED) is 0.756. The van der Waals surface area contributed by atoms with E-state index >= 15 is 0 Å². The van der Waals surface area contributed by atoms with E-state index in [1.54, 1.807) is 24.9 Å². The fraction of sp³-hybridized carbons (Fsp3) is 0.727. The van der Waals surface area contributed by atoms with E-state index in [4.69, 9.17) is 9.47 Å². The van der Waals surface area contributed by atoms with Crippen molar-refractivity contribution in [1.29, 1.82) is 0 Å². The van der Waals surface area contributed by atoms with Crippen molar-refractivity contribution in [2.75, 3.05) is 19.8 Å². The van der Waals surface area contributed by atoms with Gasteiger partial charge < -0.3 is 14.4 Å². The Morgan fingerprint density at radius 2 is 1.94 bits per heavy atom. The highest BCUT2D eigenvalue weighted by Crippen LogP contribution is 2.39. The van der Waals surface area contributed by atoms with Gasteiger partial charge in [-0.25, -0.2) is 18.1 Å². The monoisotopic (exact) mass is 451 g/mol. The summed E-state index contributed by atoms with van der Waals surface area (Å²) >= 11 is 0. The molecule has 31 heavy (non-hydrogen) atoms. The molecule has 0 unspecified atom stereocenters. The number of aryl methyl sites for hydroxylation is 1. The van der Waals surface area contributed by atoms with Gasteiger partial charge in [0.1, 0.15) is 0 Å². The second-order valence-electron chi connectivity index (χ2n) is 9.20. The highest BCUT2D eigenvalue weighted by Gasteiger charge is 2.41. The Hall–Kier alpha value is -1.71. The zero-order valence-corrected chi connectivity index (χ0v) is 19.4. The second kappa shape index (κ2) is 9.03. The van der Waals surface area contributed by atoms with Gasteiger partial charge in [-0.3, -0.25) is 4.79 Å². The topological polar surface area (TPSA) is 97.8 Å². The lowest BCUT2D eigenvalue weighted by Crippen LogP contribution is -2.51. The van der Waals surface area contributed by atoms with Crippen molar-refractivity contribution in [1.82, 2.24) is 14.6 Å². The number of ether oxygens (including phenoxy) is 2. The Balaban J connectivity index is 1.60. The fourth-order valence-electron chi connectivity index (χ4n) is 4.98. The number of nitrogens with zero attached hydrogens (tertiary/aromatic N) is 2. The molecule has 4 heterocycles. The van der Waals surface area contributed by atoms with Gasteiger partial charge in [-0.2, -0.15) is 0 Å². The van der Waals surface area contributed by atoms with Crippen LogP contribution in [0.2, 0.25) is 0 Å². The van der Waals surface area contributed by atoms with Crippen LogP contribution in [0.1, 0.15) is 63.0 Å². The van der Waals surface area contributed by atoms with Crippen LogP contribution in [0.15, 0.2) is 12.3 Å². The van der Waals surface area contributed by atoms with E-state index in [9.17, 15) is 13.2 Å². The van der Waals surface area contributed by atoms with Crippen LogP contribution in [-0.2, 0) is 19.6 Å². The predicted octanol–water partition coefficient (Wildman–Crippen LogP) is 2.12. The van der Waals surface area contributed by atoms with Crippen LogP contribution in [0.5, 0.6) is 5.88 Å². The SMILES string of the molecule is Cc1ccnc2c1C1CCC(CC1)OC[C@H]1[C@@H](NS(=O)(=O)C(C)C)CCN1C(=O)CO2. The third-order valence-corrected chi connectivity index (χ3v) is 8.76. The van der Waals surface area contributed by atoms with Crippen LogP contribution in [0.4, 0.5) is 0 Å². The minimum Gasteiger partial charge on any atom is -0.467 e. The van der Waals surface area contributed by atoms with Crippen LogP contribution < -0.4 is 9.46 Å². The highest BCUT2D eigenvalue weighted by atomic mass is 32.2. The molecule has 1 saturated heterocycles. The Morgan fingerprint density at radius 3 is 2.65 bits per heavy atom. The maximum Gasteiger partial charge on any atom is 0.260 e. The Morgan fingerprint density at radius 1 is 1.19 bits per heavy atom. The molecule has 0 spiro atoms. The molecule has 5 rings (SSSR count). The first-order chi connectivity index (χ1) is 14.8. The first-order valence-corrected chi connectivity index (χ1v) is 12.8. The molecule has 0 radical (unpaired) electrons. The number of fused-ring (bicyclic) bond motifs is 5. The number of pyridine rings is 1. The molecule has 172 valence electrons. The van der Waals surface area contributed by atoms with Gasteiger partial charge >= 0.3 is 0 Å². The Kier molecular flexibility index (Phi) is 6.55. The molecule has 1 aromatic heterocycles. The van der Waals surface area contributed by atoms with Crippen molar-refractivity contribution in [3.63, 3.8) is 0 Å². The van der Waals surface area contributed by atoms with Gasteiger partial charge in [0.25, 0.3) is 5.91 Å². The van der Waals surface area contributed by atoms with Gasteiger partial charge in [0.05, 0.1) is 24.0 Å². The van der Waals surface area contributed by atoms with E-state index in [-0.39, 0.29) is 30.7 Å². The fourth-order valence-corrected chi connectivity index (χ4v) is 5.95. The molecule has 2 fully saturated rings. The average Bonchev–Trinajstić information content (AvgIpc) is 3.12. The summed E-state index contributed by atoms with van der Waals surface area (Å²) in [6, 6.07) is 1.30. The van der Waals surface area contributed by atoms with Gasteiger partial charge in [-0.1, -0.05) is 0 Å². The summed E-state index contributed by atoms with van der Waals surface area (Å²) in [5, 5.41) is -0.530. The standard InChI is InChI=1S/C22H33N3O5S/c1-14(2)31(27,28)24-18-9-11-25-19(18)12-29-17-6-4-16(5-7-17)21-15(3)8-10-23-22(21)30-13-20(25)26/h8,10,14,16-19,24H,4-7,9,11-13H2,1-3H3/t16?,17?,18-,19-/m0/s1. The smallest absolute Gasteiger partial charge is 0.260 e. The number of rotatable bonds is 3. The molecular weight excluding hydrogens is 418 g/mol. The number of hydrogen-bond acceptors (Lipinski definition) is 6. The number of hydrogen-bond donors (Lipinski definition) is 1. The molecular formula is C22H33N3O5S. The largest absolute Gasteiger partial charge is 0.467 e. The lowest BCUT2D eigenvalue weighted by atomic mass is 9.81. The third-order valence-electron chi connectivity index (χ3n) is 6.89. The van der Waals surface area contributed by atoms with Gasteiger partial charge in [0.2, 0.25) is 15.9 Å². The first-order valence-electron chi connectivity index (χ1n) is 11.3. The van der Waals surface area contributed by atoms with Crippen LogP contribution in [0, 0.1) is 6.92 Å². The predicted molar refractivity (Wildman–Crippen MR) is 117 cm³/mol. The number of aromatic nitrogens is 1. The summed E-state index contributed by atoms with van der Waals surface area (Å²) in [6.45, 7) is 6.06. The Labute approximate surface area is 184 Å². The van der Waals surface area contributed by atoms with Crippen molar-refractivity contribution >= 4 is 15.9 Å². The van der Waals surface area contributed by atoms with Gasteiger partial charge in [-0.05, 0) is 70.4 Å². The third kappa shape index (κ3) is 4.73. The van der Waals surface area contributed by atoms with Crippen molar-refractivity contribution in [2.45, 2.75) is 82.2 Å². The molecule has 2 atom stereocenters. The molecule has 4 aliphatic rings. The molecule has 1 aliphatic carbocycles. The molecule has 1 N–H and O–H groups in total. The van der Waals surface area contributed by atoms with Crippen LogP contribution in [-0.4, -0.2) is 67.4 Å². The summed E-state index contributed by atoms with van der Waals surface area (Å²) in [7, 11) is -3.45. The number of sulfonamides is 1. The summed E-state index contributed by atoms with van der Waals surface area (Å²) in [4.78, 5) is 19.2. The summed E-state index contributed by atoms with van der Waals surface area (Å²) in [5.41, 5.74) is 2.24. The molecule has 1 saturated carbocycles. The maximum atomic E-state index is 13.1. The van der Waals surface area contributed by atoms with E-state index in [0.717, 1.165) is 36.8 Å². The summed E-state index contributed by atoms with van der Waals surface area (Å²) in [6.07, 6.45) is 6.24. The van der Waals surface area contributed by atoms with Crippen molar-refractivity contribution in [3.8, 4) is 5.88 Å². The number of nitrogens with one attached hydrogen (secondary N) is 1. The van der Waals surface area contributed by atoms with E-state index in [2.05, 4.69) is 16.6 Å². The van der Waals surface area contributed by atoms with Gasteiger partial charge in [0.15, 0.2) is 6.61 Å². The van der Waals surface area contributed by atoms with Gasteiger partial charge in [-0.15, -0.1) is 0 Å². The first kappa shape index (κ1) is 22.5. The minimum atomic E-state index is -3.45. The van der Waals surface area contributed by atoms with E-state index in [1.165, 1.54) is 0 Å². The molecule has 9 heteroatoms. The molecule has 0 aromatic carbocycles. The number of amides is 1. The van der Waals surface area contributed by atoms with Crippen molar-refractivity contribution in [2.24, 2.45) is 0 Å². The van der Waals surface area contributed by atoms with Crippen LogP contribution in [0.25, 0.3) is 0 Å². The molecule has 1 amide bonds. The molecule has 3 aliphatic heterocycles. The normalized spacial score (nSPS) is 29.5. The van der Waals surface area contributed by atoms with Gasteiger partial charge in [0, 0.05) is 24.3 Å². The molecule has 2 bridgehead atoms. The minimum absolute atomic E-state index is 0.111. The van der Waals surface area contributed by atoms with Crippen molar-refractivity contribution in [3.05, 3.63) is 23.4 Å². The average molecular weight is 452 g/mol. The number of carbonyl (C=O) groups excluding carboxylic acids is 1. The summed E-state index contributed by atoms with van der Waals surface area (Å²) in [5.74, 6) is 0.732. The maximum absolute atomic E-state index is 13.1. The lowest BCUT2D eigenvalue weighted by Gasteiger charge is -2.32. The van der Waals surface area contributed by atoms with Crippen molar-refractivity contribution < 1.29 is 22.7 Å². The number of carbonyl (C=O) groups is 1. The van der Waals surface area contributed by atoms with E-state index in [1.807, 2.05) is 6.07 Å². The zero-order valence-electron chi connectivity index (χ0n) is 18.5. The zero-order chi connectivity index (χ0) is 22.2. The lowest BCUT2D eigenvalue weighted by molar-refractivity contribution is -0.136. The van der Waals surface area contributed by atoms with Crippen LogP contribution in [0.3, 0.4) is 0 Å². The highest BCUT2D eigenvalue weighted by molar-refractivity contribution is 7.90. The molecule has 1 aromatic rings. The van der Waals surface area contributed by atoms with E-state index in [0.29, 0.717) is 31.4 Å².